The Morgan fingerprint density at radius 3 is 2.62 bits per heavy atom. The van der Waals surface area contributed by atoms with E-state index >= 15 is 0 Å². The normalized spacial score (nSPS) is 10.0. The molecule has 21 heavy (non-hydrogen) atoms. The molecule has 2 N–H and O–H groups in total. The standard InChI is InChI=1S/C14H11FIN3OS/c1-8-6-11(16)7-17-12(8)18-14(21)19-13(20)9-2-4-10(15)5-3-9/h2-7H,1H3,(H2,17,18,19,20,21). The van der Waals surface area contributed by atoms with Crippen molar-refractivity contribution in [2.75, 3.05) is 5.32 Å². The zero-order valence-electron chi connectivity index (χ0n) is 11.0. The maximum atomic E-state index is 12.8. The summed E-state index contributed by atoms with van der Waals surface area (Å²) in [5.41, 5.74) is 1.24. The molecule has 1 aromatic heterocycles. The first-order valence-corrected chi connectivity index (χ1v) is 7.44. The SMILES string of the molecule is Cc1cc(I)cnc1NC(=S)NC(=O)c1ccc(F)cc1. The van der Waals surface area contributed by atoms with Crippen LogP contribution >= 0.6 is 34.8 Å². The zero-order chi connectivity index (χ0) is 15.4. The van der Waals surface area contributed by atoms with Gasteiger partial charge in [0, 0.05) is 15.3 Å². The highest BCUT2D eigenvalue weighted by atomic mass is 127. The Labute approximate surface area is 140 Å². The van der Waals surface area contributed by atoms with Crippen molar-refractivity contribution in [3.8, 4) is 0 Å². The first kappa shape index (κ1) is 15.8. The number of rotatable bonds is 2. The predicted molar refractivity (Wildman–Crippen MR) is 91.8 cm³/mol. The fourth-order valence-corrected chi connectivity index (χ4v) is 2.38. The fourth-order valence-electron chi connectivity index (χ4n) is 1.59. The number of anilines is 1. The summed E-state index contributed by atoms with van der Waals surface area (Å²) in [5, 5.41) is 5.52. The fraction of sp³-hybridized carbons (Fsp3) is 0.0714. The van der Waals surface area contributed by atoms with E-state index in [1.165, 1.54) is 24.3 Å². The quantitative estimate of drug-likeness (QED) is 0.584. The molecular weight excluding hydrogens is 404 g/mol. The Kier molecular flexibility index (Phi) is 5.18. The lowest BCUT2D eigenvalue weighted by Crippen LogP contribution is -2.34. The summed E-state index contributed by atoms with van der Waals surface area (Å²) in [6.45, 7) is 1.89. The van der Waals surface area contributed by atoms with Crippen molar-refractivity contribution in [1.82, 2.24) is 10.3 Å². The molecule has 0 aliphatic rings. The van der Waals surface area contributed by atoms with Crippen LogP contribution in [0.3, 0.4) is 0 Å². The van der Waals surface area contributed by atoms with Gasteiger partial charge in [-0.25, -0.2) is 9.37 Å². The number of nitrogens with zero attached hydrogens (tertiary/aromatic N) is 1. The van der Waals surface area contributed by atoms with Crippen LogP contribution in [0.5, 0.6) is 0 Å². The summed E-state index contributed by atoms with van der Waals surface area (Å²) in [6, 6.07) is 7.16. The molecule has 0 fully saturated rings. The van der Waals surface area contributed by atoms with Gasteiger partial charge in [-0.3, -0.25) is 10.1 Å². The summed E-state index contributed by atoms with van der Waals surface area (Å²) in [4.78, 5) is 16.1. The van der Waals surface area contributed by atoms with E-state index in [4.69, 9.17) is 12.2 Å². The van der Waals surface area contributed by atoms with Gasteiger partial charge in [0.15, 0.2) is 5.11 Å². The smallest absolute Gasteiger partial charge is 0.257 e. The largest absolute Gasteiger partial charge is 0.317 e. The molecular formula is C14H11FIN3OS. The van der Waals surface area contributed by atoms with Crippen LogP contribution in [-0.2, 0) is 0 Å². The van der Waals surface area contributed by atoms with Crippen molar-refractivity contribution >= 4 is 51.6 Å². The van der Waals surface area contributed by atoms with Crippen LogP contribution in [0.1, 0.15) is 15.9 Å². The third-order valence-electron chi connectivity index (χ3n) is 2.61. The molecule has 1 amide bonds. The van der Waals surface area contributed by atoms with Gasteiger partial charge in [-0.1, -0.05) is 0 Å². The van der Waals surface area contributed by atoms with Crippen LogP contribution in [0.4, 0.5) is 10.2 Å². The summed E-state index contributed by atoms with van der Waals surface area (Å²) in [6.07, 6.45) is 1.69. The lowest BCUT2D eigenvalue weighted by atomic mass is 10.2. The predicted octanol–water partition coefficient (Wildman–Crippen LogP) is 3.26. The van der Waals surface area contributed by atoms with Crippen LogP contribution < -0.4 is 10.6 Å². The molecule has 1 heterocycles. The second kappa shape index (κ2) is 6.90. The molecule has 0 aliphatic heterocycles. The topological polar surface area (TPSA) is 54.0 Å². The Bertz CT molecular complexity index is 691. The van der Waals surface area contributed by atoms with Gasteiger partial charge < -0.3 is 5.32 Å². The number of pyridine rings is 1. The van der Waals surface area contributed by atoms with Gasteiger partial charge in [0.25, 0.3) is 5.91 Å². The van der Waals surface area contributed by atoms with E-state index in [0.29, 0.717) is 11.4 Å². The van der Waals surface area contributed by atoms with Crippen LogP contribution in [-0.4, -0.2) is 16.0 Å². The van der Waals surface area contributed by atoms with E-state index in [0.717, 1.165) is 9.13 Å². The minimum Gasteiger partial charge on any atom is -0.317 e. The third-order valence-corrected chi connectivity index (χ3v) is 3.40. The molecule has 0 bridgehead atoms. The molecule has 2 aromatic rings. The molecule has 1 aromatic carbocycles. The average molecular weight is 415 g/mol. The number of aryl methyl sites for hydroxylation is 1. The number of benzene rings is 1. The van der Waals surface area contributed by atoms with Crippen molar-refractivity contribution in [1.29, 1.82) is 0 Å². The van der Waals surface area contributed by atoms with Crippen molar-refractivity contribution in [3.05, 3.63) is 57.0 Å². The number of hydrogen-bond acceptors (Lipinski definition) is 3. The highest BCUT2D eigenvalue weighted by Gasteiger charge is 2.09. The molecule has 0 atom stereocenters. The first-order valence-electron chi connectivity index (χ1n) is 5.96. The molecule has 0 spiro atoms. The summed E-state index contributed by atoms with van der Waals surface area (Å²) in [5.74, 6) is -0.221. The van der Waals surface area contributed by atoms with Crippen molar-refractivity contribution < 1.29 is 9.18 Å². The van der Waals surface area contributed by atoms with Crippen LogP contribution in [0.15, 0.2) is 36.5 Å². The van der Waals surface area contributed by atoms with Crippen LogP contribution in [0, 0.1) is 16.3 Å². The second-order valence-electron chi connectivity index (χ2n) is 4.23. The van der Waals surface area contributed by atoms with Crippen molar-refractivity contribution in [2.24, 2.45) is 0 Å². The number of halogens is 2. The maximum Gasteiger partial charge on any atom is 0.257 e. The van der Waals surface area contributed by atoms with Crippen LogP contribution in [0.25, 0.3) is 0 Å². The molecule has 0 saturated heterocycles. The van der Waals surface area contributed by atoms with Gasteiger partial charge in [-0.15, -0.1) is 0 Å². The van der Waals surface area contributed by atoms with E-state index in [9.17, 15) is 9.18 Å². The molecule has 4 nitrogen and oxygen atoms in total. The number of hydrogen-bond donors (Lipinski definition) is 2. The summed E-state index contributed by atoms with van der Waals surface area (Å²) in [7, 11) is 0. The Balaban J connectivity index is 2.01. The lowest BCUT2D eigenvalue weighted by molar-refractivity contribution is 0.0977. The number of thiocarbonyl (C=S) groups is 1. The lowest BCUT2D eigenvalue weighted by Gasteiger charge is -2.11. The third kappa shape index (κ3) is 4.43. The summed E-state index contributed by atoms with van der Waals surface area (Å²) >= 11 is 7.23. The van der Waals surface area contributed by atoms with Gasteiger partial charge >= 0.3 is 0 Å². The zero-order valence-corrected chi connectivity index (χ0v) is 14.0. The van der Waals surface area contributed by atoms with Gasteiger partial charge in [-0.05, 0) is 77.6 Å². The number of nitrogens with one attached hydrogen (secondary N) is 2. The first-order chi connectivity index (χ1) is 9.95. The van der Waals surface area contributed by atoms with Crippen LogP contribution in [0.2, 0.25) is 0 Å². The molecule has 0 radical (unpaired) electrons. The van der Waals surface area contributed by atoms with Gasteiger partial charge in [0.2, 0.25) is 0 Å². The van der Waals surface area contributed by atoms with Gasteiger partial charge in [0.05, 0.1) is 0 Å². The van der Waals surface area contributed by atoms with Gasteiger partial charge in [-0.2, -0.15) is 0 Å². The maximum absolute atomic E-state index is 12.8. The van der Waals surface area contributed by atoms with E-state index in [-0.39, 0.29) is 5.11 Å². The van der Waals surface area contributed by atoms with Gasteiger partial charge in [0.1, 0.15) is 11.6 Å². The van der Waals surface area contributed by atoms with E-state index in [1.807, 2.05) is 13.0 Å². The second-order valence-corrected chi connectivity index (χ2v) is 5.89. The van der Waals surface area contributed by atoms with Crippen molar-refractivity contribution in [2.45, 2.75) is 6.92 Å². The minimum absolute atomic E-state index is 0.140. The minimum atomic E-state index is -0.407. The van der Waals surface area contributed by atoms with E-state index in [2.05, 4.69) is 38.2 Å². The monoisotopic (exact) mass is 415 g/mol. The molecule has 0 unspecified atom stereocenters. The highest BCUT2D eigenvalue weighted by Crippen LogP contribution is 2.14. The molecule has 0 aliphatic carbocycles. The number of carbonyl (C=O) groups is 1. The van der Waals surface area contributed by atoms with E-state index in [1.54, 1.807) is 6.20 Å². The summed E-state index contributed by atoms with van der Waals surface area (Å²) < 4.78 is 13.8. The Morgan fingerprint density at radius 1 is 1.33 bits per heavy atom. The Morgan fingerprint density at radius 2 is 2.00 bits per heavy atom. The average Bonchev–Trinajstić information content (AvgIpc) is 2.42. The van der Waals surface area contributed by atoms with Crippen molar-refractivity contribution in [3.63, 3.8) is 0 Å². The molecule has 7 heteroatoms. The van der Waals surface area contributed by atoms with E-state index < -0.39 is 11.7 Å². The molecule has 108 valence electrons. The number of amides is 1. The number of aromatic nitrogens is 1. The molecule has 0 saturated carbocycles. The highest BCUT2D eigenvalue weighted by molar-refractivity contribution is 14.1. The molecule has 2 rings (SSSR count). The Hall–Kier alpha value is -1.61. The number of carbonyl (C=O) groups excluding carboxylic acids is 1.